The minimum atomic E-state index is -3.33. The first-order chi connectivity index (χ1) is 12.1. The van der Waals surface area contributed by atoms with Gasteiger partial charge in [0, 0.05) is 27.5 Å². The second kappa shape index (κ2) is 5.62. The topological polar surface area (TPSA) is 82.1 Å². The van der Waals surface area contributed by atoms with E-state index in [0.717, 1.165) is 9.13 Å². The Morgan fingerprint density at radius 1 is 1.55 bits per heavy atom. The van der Waals surface area contributed by atoms with Gasteiger partial charge in [0.15, 0.2) is 11.2 Å². The molecule has 0 bridgehead atoms. The van der Waals surface area contributed by atoms with E-state index >= 15 is 0 Å². The third kappa shape index (κ3) is 2.53. The van der Waals surface area contributed by atoms with Gasteiger partial charge in [0.25, 0.3) is 5.56 Å². The van der Waals surface area contributed by atoms with Crippen LogP contribution >= 0.6 is 0 Å². The first kappa shape index (κ1) is 7.78. The number of imidazole rings is 1. The molecule has 0 amide bonds. The summed E-state index contributed by atoms with van der Waals surface area (Å²) in [4.78, 5) is 28.8. The van der Waals surface area contributed by atoms with E-state index in [2.05, 4.69) is 4.98 Å². The van der Waals surface area contributed by atoms with Crippen LogP contribution in [0.3, 0.4) is 0 Å². The van der Waals surface area contributed by atoms with Gasteiger partial charge in [0.05, 0.1) is 13.8 Å². The molecule has 2 rings (SSSR count). The molecule has 0 aliphatic rings. The lowest BCUT2D eigenvalue weighted by molar-refractivity contribution is 0.180. The minimum absolute atomic E-state index is 0.0320. The van der Waals surface area contributed by atoms with Crippen molar-refractivity contribution < 1.29 is 14.7 Å². The highest BCUT2D eigenvalue weighted by Crippen LogP contribution is 2.04. The van der Waals surface area contributed by atoms with Crippen molar-refractivity contribution in [3.63, 3.8) is 0 Å². The predicted octanol–water partition coefficient (Wildman–Crippen LogP) is -0.0152. The number of fused-ring (bicyclic) bond motifs is 1. The van der Waals surface area contributed by atoms with Crippen LogP contribution in [0.1, 0.15) is 35.7 Å². The lowest BCUT2D eigenvalue weighted by Gasteiger charge is -2.09. The fraction of sp³-hybridized carbons (Fsp3) is 0.615. The molecule has 7 nitrogen and oxygen atoms in total. The zero-order valence-electron chi connectivity index (χ0n) is 18.2. The highest BCUT2D eigenvalue weighted by molar-refractivity contribution is 5.69. The lowest BCUT2D eigenvalue weighted by Crippen LogP contribution is -2.39. The molecule has 0 aliphatic heterocycles. The lowest BCUT2D eigenvalue weighted by atomic mass is 10.2. The van der Waals surface area contributed by atoms with Gasteiger partial charge in [-0.2, -0.15) is 0 Å². The number of hydrogen-bond donors (Lipinski definition) is 1. The Kier molecular flexibility index (Phi) is 2.19. The summed E-state index contributed by atoms with van der Waals surface area (Å²) in [6.45, 7) is -3.52. The van der Waals surface area contributed by atoms with E-state index in [1.165, 1.54) is 18.7 Å². The highest BCUT2D eigenvalue weighted by Gasteiger charge is 2.14. The third-order valence-electron chi connectivity index (χ3n) is 2.99. The summed E-state index contributed by atoms with van der Waals surface area (Å²) in [7, 11) is 2.83. The maximum Gasteiger partial charge on any atom is 0.332 e. The van der Waals surface area contributed by atoms with Crippen LogP contribution in [-0.4, -0.2) is 29.9 Å². The number of aliphatic hydroxyl groups is 1. The molecule has 1 atom stereocenters. The third-order valence-corrected chi connectivity index (χ3v) is 2.99. The zero-order chi connectivity index (χ0) is 20.9. The number of aryl methyl sites for hydroxylation is 2. The van der Waals surface area contributed by atoms with Crippen molar-refractivity contribution in [2.45, 2.75) is 38.7 Å². The van der Waals surface area contributed by atoms with Gasteiger partial charge in [0.1, 0.15) is 1.37 Å². The molecule has 1 N–H and O–H groups in total. The largest absolute Gasteiger partial charge is 0.393 e. The number of aromatic nitrogens is 4. The van der Waals surface area contributed by atoms with Crippen LogP contribution in [-0.2, 0) is 20.6 Å². The maximum atomic E-state index is 12.6. The van der Waals surface area contributed by atoms with Crippen LogP contribution < -0.4 is 11.2 Å². The van der Waals surface area contributed by atoms with Crippen LogP contribution in [0.15, 0.2) is 15.9 Å². The van der Waals surface area contributed by atoms with E-state index in [-0.39, 0.29) is 30.4 Å². The quantitative estimate of drug-likeness (QED) is 0.838. The second-order valence-corrected chi connectivity index (χ2v) is 4.37. The van der Waals surface area contributed by atoms with Crippen LogP contribution in [0.25, 0.3) is 11.2 Å². The fourth-order valence-electron chi connectivity index (χ4n) is 1.98. The Morgan fingerprint density at radius 3 is 3.00 bits per heavy atom. The van der Waals surface area contributed by atoms with Gasteiger partial charge in [0.2, 0.25) is 0 Å². The molecule has 2 aromatic heterocycles. The second-order valence-electron chi connectivity index (χ2n) is 4.37. The van der Waals surface area contributed by atoms with E-state index < -0.39 is 37.0 Å². The van der Waals surface area contributed by atoms with Crippen molar-refractivity contribution in [3.05, 3.63) is 27.1 Å². The normalized spacial score (nSPS) is 21.1. The molecule has 110 valence electrons. The van der Waals surface area contributed by atoms with Gasteiger partial charge >= 0.3 is 5.69 Å². The summed E-state index contributed by atoms with van der Waals surface area (Å²) in [6.07, 6.45) is -7.06. The molecule has 0 radical (unpaired) electrons. The van der Waals surface area contributed by atoms with Crippen molar-refractivity contribution in [2.24, 2.45) is 14.1 Å². The van der Waals surface area contributed by atoms with Crippen LogP contribution in [0.5, 0.6) is 0 Å². The standard InChI is InChI=1S/C13H20N4O3/c1-9(18)6-4-5-7-17-12(19)10-11(14-8-15(10)2)16(3)13(17)20/h8-9,18H,4-7H2,1-3H3/i1D3,6D2,8D,9D. The summed E-state index contributed by atoms with van der Waals surface area (Å²) in [5, 5.41) is 9.77. The summed E-state index contributed by atoms with van der Waals surface area (Å²) in [5.41, 5.74) is -1.35. The summed E-state index contributed by atoms with van der Waals surface area (Å²) >= 11 is 0. The molecule has 0 saturated heterocycles. The van der Waals surface area contributed by atoms with Crippen molar-refractivity contribution in [1.82, 2.24) is 18.7 Å². The van der Waals surface area contributed by atoms with E-state index in [4.69, 9.17) is 9.60 Å². The molecule has 20 heavy (non-hydrogen) atoms. The van der Waals surface area contributed by atoms with Gasteiger partial charge in [-0.05, 0) is 26.1 Å². The van der Waals surface area contributed by atoms with Gasteiger partial charge < -0.3 is 9.67 Å². The number of rotatable bonds is 5. The zero-order valence-corrected chi connectivity index (χ0v) is 11.2. The first-order valence-electron chi connectivity index (χ1n) is 9.48. The molecule has 2 heterocycles. The molecule has 0 spiro atoms. The molecule has 0 saturated carbocycles. The Hall–Kier alpha value is -1.89. The Balaban J connectivity index is 2.35. The predicted molar refractivity (Wildman–Crippen MR) is 75.7 cm³/mol. The van der Waals surface area contributed by atoms with Crippen LogP contribution in [0.2, 0.25) is 0 Å². The highest BCUT2D eigenvalue weighted by atomic mass is 16.3. The monoisotopic (exact) mass is 287 g/mol. The molecule has 1 unspecified atom stereocenters. The van der Waals surface area contributed by atoms with Crippen molar-refractivity contribution >= 4 is 11.2 Å². The first-order valence-corrected chi connectivity index (χ1v) is 5.98. The molecule has 0 aliphatic carbocycles. The van der Waals surface area contributed by atoms with E-state index in [0.29, 0.717) is 0 Å². The molecular formula is C13H20N4O3. The molecular weight excluding hydrogens is 260 g/mol. The number of hydrogen-bond acceptors (Lipinski definition) is 4. The van der Waals surface area contributed by atoms with Gasteiger partial charge in [-0.1, -0.05) is 0 Å². The maximum absolute atomic E-state index is 12.6. The van der Waals surface area contributed by atoms with E-state index in [9.17, 15) is 14.7 Å². The van der Waals surface area contributed by atoms with E-state index in [1.807, 2.05) is 0 Å². The SMILES string of the molecule is [2H]c1nc2c(c(=O)n(CCCC([2H])([2H])C([2H])(O)C([2H])([2H])[2H])c(=O)n2C)n1C. The van der Waals surface area contributed by atoms with Gasteiger partial charge in [-0.15, -0.1) is 0 Å². The minimum Gasteiger partial charge on any atom is -0.393 e. The Bertz CT molecular complexity index is 987. The summed E-state index contributed by atoms with van der Waals surface area (Å²) in [6, 6.07) is 0. The van der Waals surface area contributed by atoms with Gasteiger partial charge in [-0.25, -0.2) is 9.78 Å². The molecule has 0 fully saturated rings. The van der Waals surface area contributed by atoms with Gasteiger partial charge in [-0.3, -0.25) is 13.9 Å². The molecule has 2 aromatic rings. The van der Waals surface area contributed by atoms with Crippen LogP contribution in [0, 0.1) is 0 Å². The number of nitrogens with zero attached hydrogens (tertiary/aromatic N) is 4. The average molecular weight is 287 g/mol. The average Bonchev–Trinajstić information content (AvgIpc) is 2.83. The smallest absolute Gasteiger partial charge is 0.332 e. The van der Waals surface area contributed by atoms with Crippen molar-refractivity contribution in [2.75, 3.05) is 0 Å². The van der Waals surface area contributed by atoms with Crippen molar-refractivity contribution in [1.29, 1.82) is 0 Å². The summed E-state index contributed by atoms with van der Waals surface area (Å²) < 4.78 is 55.1. The Morgan fingerprint density at radius 2 is 2.30 bits per heavy atom. The summed E-state index contributed by atoms with van der Waals surface area (Å²) in [5.74, 6) is 0. The Labute approximate surface area is 125 Å². The van der Waals surface area contributed by atoms with Crippen LogP contribution in [0.4, 0.5) is 0 Å². The van der Waals surface area contributed by atoms with E-state index in [1.54, 1.807) is 0 Å². The molecule has 0 aromatic carbocycles. The molecule has 7 heteroatoms. The fourth-order valence-corrected chi connectivity index (χ4v) is 1.98. The van der Waals surface area contributed by atoms with Crippen molar-refractivity contribution in [3.8, 4) is 0 Å².